The van der Waals surface area contributed by atoms with Crippen LogP contribution in [0.5, 0.6) is 5.88 Å². The van der Waals surface area contributed by atoms with Crippen molar-refractivity contribution >= 4 is 11.8 Å². The standard InChI is InChI=1S/C10H14N2O2/c1-4-8-5-6(2)10(12-9(8)11)14-7(3)13/h5H,4H2,1-3H3,(H2,11,12). The summed E-state index contributed by atoms with van der Waals surface area (Å²) in [6, 6.07) is 1.89. The van der Waals surface area contributed by atoms with Crippen LogP contribution in [0.1, 0.15) is 25.0 Å². The van der Waals surface area contributed by atoms with Crippen molar-refractivity contribution in [2.24, 2.45) is 0 Å². The molecular formula is C10H14N2O2. The van der Waals surface area contributed by atoms with Crippen LogP contribution in [0.15, 0.2) is 6.07 Å². The predicted octanol–water partition coefficient (Wildman–Crippen LogP) is 1.46. The maximum absolute atomic E-state index is 10.7. The SMILES string of the molecule is CCc1cc(C)c(OC(C)=O)nc1N. The first-order valence-corrected chi connectivity index (χ1v) is 4.49. The van der Waals surface area contributed by atoms with Crippen LogP contribution in [0.2, 0.25) is 0 Å². The maximum atomic E-state index is 10.7. The van der Waals surface area contributed by atoms with E-state index in [1.54, 1.807) is 0 Å². The van der Waals surface area contributed by atoms with Crippen molar-refractivity contribution < 1.29 is 9.53 Å². The van der Waals surface area contributed by atoms with Gasteiger partial charge in [-0.15, -0.1) is 0 Å². The Balaban J connectivity index is 3.08. The fourth-order valence-corrected chi connectivity index (χ4v) is 1.19. The van der Waals surface area contributed by atoms with Gasteiger partial charge in [-0.25, -0.2) is 0 Å². The Morgan fingerprint density at radius 3 is 2.79 bits per heavy atom. The average molecular weight is 194 g/mol. The molecule has 0 aliphatic rings. The number of anilines is 1. The summed E-state index contributed by atoms with van der Waals surface area (Å²) in [5, 5.41) is 0. The maximum Gasteiger partial charge on any atom is 0.309 e. The van der Waals surface area contributed by atoms with E-state index in [0.717, 1.165) is 17.5 Å². The smallest absolute Gasteiger partial charge is 0.309 e. The summed E-state index contributed by atoms with van der Waals surface area (Å²) in [6.45, 7) is 5.17. The van der Waals surface area contributed by atoms with Crippen molar-refractivity contribution in [1.29, 1.82) is 0 Å². The third kappa shape index (κ3) is 2.22. The number of aromatic nitrogens is 1. The highest BCUT2D eigenvalue weighted by Crippen LogP contribution is 2.20. The van der Waals surface area contributed by atoms with Gasteiger partial charge in [0.05, 0.1) is 0 Å². The van der Waals surface area contributed by atoms with Crippen molar-refractivity contribution in [2.75, 3.05) is 5.73 Å². The van der Waals surface area contributed by atoms with E-state index in [0.29, 0.717) is 11.7 Å². The third-order valence-electron chi connectivity index (χ3n) is 1.90. The zero-order valence-corrected chi connectivity index (χ0v) is 8.63. The van der Waals surface area contributed by atoms with E-state index in [2.05, 4.69) is 4.98 Å². The van der Waals surface area contributed by atoms with Crippen LogP contribution in [-0.4, -0.2) is 11.0 Å². The number of aryl methyl sites for hydroxylation is 2. The monoisotopic (exact) mass is 194 g/mol. The average Bonchev–Trinajstić information content (AvgIpc) is 2.10. The molecule has 1 heterocycles. The summed E-state index contributed by atoms with van der Waals surface area (Å²) in [6.07, 6.45) is 0.819. The minimum Gasteiger partial charge on any atom is -0.407 e. The highest BCUT2D eigenvalue weighted by molar-refractivity contribution is 5.69. The van der Waals surface area contributed by atoms with Gasteiger partial charge in [0.2, 0.25) is 5.88 Å². The number of hydrogen-bond donors (Lipinski definition) is 1. The minimum atomic E-state index is -0.385. The van der Waals surface area contributed by atoms with Gasteiger partial charge in [0.25, 0.3) is 0 Å². The van der Waals surface area contributed by atoms with E-state index in [4.69, 9.17) is 10.5 Å². The van der Waals surface area contributed by atoms with Crippen LogP contribution in [-0.2, 0) is 11.2 Å². The first-order valence-electron chi connectivity index (χ1n) is 4.49. The molecule has 4 nitrogen and oxygen atoms in total. The molecule has 14 heavy (non-hydrogen) atoms. The van der Waals surface area contributed by atoms with Gasteiger partial charge in [0.1, 0.15) is 5.82 Å². The topological polar surface area (TPSA) is 65.2 Å². The fourth-order valence-electron chi connectivity index (χ4n) is 1.19. The molecule has 0 unspecified atom stereocenters. The van der Waals surface area contributed by atoms with Gasteiger partial charge in [-0.1, -0.05) is 6.92 Å². The number of nitrogens with zero attached hydrogens (tertiary/aromatic N) is 1. The summed E-state index contributed by atoms with van der Waals surface area (Å²) in [5.74, 6) is 0.339. The quantitative estimate of drug-likeness (QED) is 0.724. The molecule has 4 heteroatoms. The number of hydrogen-bond acceptors (Lipinski definition) is 4. The summed E-state index contributed by atoms with van der Waals surface area (Å²) in [7, 11) is 0. The molecule has 1 rings (SSSR count). The second-order valence-electron chi connectivity index (χ2n) is 3.10. The number of nitrogen functional groups attached to an aromatic ring is 1. The third-order valence-corrected chi connectivity index (χ3v) is 1.90. The van der Waals surface area contributed by atoms with E-state index in [9.17, 15) is 4.79 Å². The molecule has 1 aromatic rings. The summed E-state index contributed by atoms with van der Waals surface area (Å²) < 4.78 is 4.90. The van der Waals surface area contributed by atoms with Crippen molar-refractivity contribution in [3.8, 4) is 5.88 Å². The second kappa shape index (κ2) is 4.09. The molecule has 0 amide bonds. The Labute approximate surface area is 83.1 Å². The lowest BCUT2D eigenvalue weighted by atomic mass is 10.1. The van der Waals surface area contributed by atoms with Crippen LogP contribution in [0, 0.1) is 6.92 Å². The molecule has 0 spiro atoms. The van der Waals surface area contributed by atoms with E-state index >= 15 is 0 Å². The highest BCUT2D eigenvalue weighted by atomic mass is 16.5. The van der Waals surface area contributed by atoms with Crippen LogP contribution in [0.25, 0.3) is 0 Å². The molecule has 0 atom stereocenters. The van der Waals surface area contributed by atoms with Crippen molar-refractivity contribution in [3.63, 3.8) is 0 Å². The number of nitrogens with two attached hydrogens (primary N) is 1. The fraction of sp³-hybridized carbons (Fsp3) is 0.400. The molecule has 1 aromatic heterocycles. The molecular weight excluding hydrogens is 180 g/mol. The molecule has 0 aliphatic heterocycles. The lowest BCUT2D eigenvalue weighted by molar-refractivity contribution is -0.132. The van der Waals surface area contributed by atoms with Gasteiger partial charge < -0.3 is 10.5 Å². The van der Waals surface area contributed by atoms with E-state index < -0.39 is 0 Å². The molecule has 0 fully saturated rings. The molecule has 0 bridgehead atoms. The number of esters is 1. The Morgan fingerprint density at radius 1 is 1.64 bits per heavy atom. The van der Waals surface area contributed by atoms with Crippen LogP contribution >= 0.6 is 0 Å². The van der Waals surface area contributed by atoms with Crippen molar-refractivity contribution in [2.45, 2.75) is 27.2 Å². The number of ether oxygens (including phenoxy) is 1. The van der Waals surface area contributed by atoms with Gasteiger partial charge >= 0.3 is 5.97 Å². The lowest BCUT2D eigenvalue weighted by Crippen LogP contribution is -2.07. The molecule has 0 aliphatic carbocycles. The van der Waals surface area contributed by atoms with E-state index in [1.165, 1.54) is 6.92 Å². The second-order valence-corrected chi connectivity index (χ2v) is 3.10. The molecule has 76 valence electrons. The van der Waals surface area contributed by atoms with Crippen molar-refractivity contribution in [1.82, 2.24) is 4.98 Å². The van der Waals surface area contributed by atoms with Crippen LogP contribution in [0.4, 0.5) is 5.82 Å². The highest BCUT2D eigenvalue weighted by Gasteiger charge is 2.08. The minimum absolute atomic E-state index is 0.298. The van der Waals surface area contributed by atoms with Gasteiger partial charge in [-0.05, 0) is 25.0 Å². The zero-order chi connectivity index (χ0) is 10.7. The van der Waals surface area contributed by atoms with E-state index in [1.807, 2.05) is 19.9 Å². The Bertz CT molecular complexity index is 361. The first kappa shape index (κ1) is 10.5. The summed E-state index contributed by atoms with van der Waals surface area (Å²) >= 11 is 0. The van der Waals surface area contributed by atoms with Gasteiger partial charge in [-0.3, -0.25) is 4.79 Å². The number of rotatable bonds is 2. The Hall–Kier alpha value is -1.58. The first-order chi connectivity index (χ1) is 6.54. The summed E-state index contributed by atoms with van der Waals surface area (Å²) in [4.78, 5) is 14.7. The summed E-state index contributed by atoms with van der Waals surface area (Å²) in [5.41, 5.74) is 7.47. The molecule has 0 saturated carbocycles. The Kier molecular flexibility index (Phi) is 3.06. The number of carbonyl (C=O) groups is 1. The van der Waals surface area contributed by atoms with E-state index in [-0.39, 0.29) is 5.97 Å². The normalized spacial score (nSPS) is 9.93. The molecule has 2 N–H and O–H groups in total. The van der Waals surface area contributed by atoms with Gasteiger partial charge in [0.15, 0.2) is 0 Å². The lowest BCUT2D eigenvalue weighted by Gasteiger charge is -2.08. The van der Waals surface area contributed by atoms with Gasteiger partial charge in [0, 0.05) is 12.5 Å². The predicted molar refractivity (Wildman–Crippen MR) is 54.1 cm³/mol. The molecule has 0 radical (unpaired) electrons. The number of carbonyl (C=O) groups excluding carboxylic acids is 1. The van der Waals surface area contributed by atoms with Crippen LogP contribution in [0.3, 0.4) is 0 Å². The zero-order valence-electron chi connectivity index (χ0n) is 8.63. The van der Waals surface area contributed by atoms with Crippen molar-refractivity contribution in [3.05, 3.63) is 17.2 Å². The number of pyridine rings is 1. The van der Waals surface area contributed by atoms with Gasteiger partial charge in [-0.2, -0.15) is 4.98 Å². The Morgan fingerprint density at radius 2 is 2.29 bits per heavy atom. The molecule has 0 saturated heterocycles. The molecule has 0 aromatic carbocycles. The van der Waals surface area contributed by atoms with Crippen LogP contribution < -0.4 is 10.5 Å². The largest absolute Gasteiger partial charge is 0.407 e.